The van der Waals surface area contributed by atoms with Gasteiger partial charge in [-0.25, -0.2) is 4.39 Å². The molecule has 1 fully saturated rings. The monoisotopic (exact) mass is 464 g/mol. The predicted octanol–water partition coefficient (Wildman–Crippen LogP) is 4.97. The van der Waals surface area contributed by atoms with Crippen molar-refractivity contribution in [2.45, 2.75) is 50.6 Å². The van der Waals surface area contributed by atoms with Crippen LogP contribution < -0.4 is 10.6 Å². The van der Waals surface area contributed by atoms with Crippen LogP contribution in [0, 0.1) is 11.2 Å². The van der Waals surface area contributed by atoms with E-state index in [0.29, 0.717) is 22.7 Å². The van der Waals surface area contributed by atoms with E-state index in [4.69, 9.17) is 23.2 Å². The average molecular weight is 465 g/mol. The highest BCUT2D eigenvalue weighted by Gasteiger charge is 2.66. The van der Waals surface area contributed by atoms with E-state index in [1.54, 1.807) is 24.3 Å². The molecule has 2 aromatic carbocycles. The molecule has 1 saturated heterocycles. The standard InChI is InChI=1S/C23H23Cl2FN2O3/c1-22(2,3)10-16-23(13-8-7-11(24)9-15(13)27-21(23)31)17(19(28-16)20(29)30)12-5-4-6-14(25)18(12)26/h4-9,16-17,19,28H,10H2,1-3H3,(H,27,31)(H,29,30)/t16-,17+,19+,23?/m0/s1. The first-order chi connectivity index (χ1) is 14.5. The van der Waals surface area contributed by atoms with E-state index in [1.165, 1.54) is 12.1 Å². The molecular weight excluding hydrogens is 442 g/mol. The molecule has 3 N–H and O–H groups in total. The number of hydrogen-bond donors (Lipinski definition) is 3. The van der Waals surface area contributed by atoms with Gasteiger partial charge in [0.2, 0.25) is 5.91 Å². The number of anilines is 1. The van der Waals surface area contributed by atoms with Crippen molar-refractivity contribution in [3.05, 3.63) is 63.4 Å². The third kappa shape index (κ3) is 3.41. The van der Waals surface area contributed by atoms with Crippen LogP contribution in [0.3, 0.4) is 0 Å². The maximum absolute atomic E-state index is 15.3. The molecule has 1 unspecified atom stereocenters. The summed E-state index contributed by atoms with van der Waals surface area (Å²) in [5.41, 5.74) is -0.359. The Morgan fingerprint density at radius 1 is 1.23 bits per heavy atom. The first-order valence-electron chi connectivity index (χ1n) is 10.0. The molecule has 164 valence electrons. The van der Waals surface area contributed by atoms with E-state index in [2.05, 4.69) is 10.6 Å². The molecule has 1 amide bonds. The molecule has 2 aliphatic heterocycles. The Morgan fingerprint density at radius 3 is 2.58 bits per heavy atom. The molecule has 0 bridgehead atoms. The summed E-state index contributed by atoms with van der Waals surface area (Å²) in [7, 11) is 0. The largest absolute Gasteiger partial charge is 0.480 e. The Balaban J connectivity index is 2.04. The fourth-order valence-corrected chi connectivity index (χ4v) is 5.49. The molecule has 4 rings (SSSR count). The second-order valence-corrected chi connectivity index (χ2v) is 10.3. The lowest BCUT2D eigenvalue weighted by atomic mass is 9.62. The van der Waals surface area contributed by atoms with E-state index >= 15 is 4.39 Å². The van der Waals surface area contributed by atoms with Crippen molar-refractivity contribution >= 4 is 40.8 Å². The SMILES string of the molecule is CC(C)(C)C[C@@H]1N[C@@H](C(=O)O)[C@@H](c2cccc(Cl)c2F)C12C(=O)Nc1cc(Cl)ccc12. The third-order valence-corrected chi connectivity index (χ3v) is 6.73. The summed E-state index contributed by atoms with van der Waals surface area (Å²) in [5.74, 6) is -3.26. The normalized spacial score (nSPS) is 27.4. The lowest BCUT2D eigenvalue weighted by molar-refractivity contribution is -0.139. The minimum atomic E-state index is -1.35. The Hall–Kier alpha value is -2.15. The van der Waals surface area contributed by atoms with Crippen molar-refractivity contribution in [3.63, 3.8) is 0 Å². The number of fused-ring (bicyclic) bond motifs is 2. The van der Waals surface area contributed by atoms with Gasteiger partial charge in [-0.15, -0.1) is 0 Å². The lowest BCUT2D eigenvalue weighted by Gasteiger charge is -2.37. The molecule has 8 heteroatoms. The van der Waals surface area contributed by atoms with Crippen LogP contribution in [0.5, 0.6) is 0 Å². The van der Waals surface area contributed by atoms with Gasteiger partial charge in [-0.05, 0) is 41.2 Å². The zero-order valence-corrected chi connectivity index (χ0v) is 18.8. The summed E-state index contributed by atoms with van der Waals surface area (Å²) in [5, 5.41) is 16.4. The highest BCUT2D eigenvalue weighted by Crippen LogP contribution is 2.57. The van der Waals surface area contributed by atoms with Crippen LogP contribution in [0.2, 0.25) is 10.0 Å². The Morgan fingerprint density at radius 2 is 1.94 bits per heavy atom. The molecule has 4 atom stereocenters. The number of hydrogen-bond acceptors (Lipinski definition) is 3. The Labute approximate surface area is 189 Å². The third-order valence-electron chi connectivity index (χ3n) is 6.20. The first-order valence-corrected chi connectivity index (χ1v) is 10.8. The van der Waals surface area contributed by atoms with E-state index in [9.17, 15) is 14.7 Å². The summed E-state index contributed by atoms with van der Waals surface area (Å²) in [6.07, 6.45) is 0.491. The number of halogens is 3. The van der Waals surface area contributed by atoms with Crippen molar-refractivity contribution in [3.8, 4) is 0 Å². The van der Waals surface area contributed by atoms with Gasteiger partial charge in [0.15, 0.2) is 0 Å². The van der Waals surface area contributed by atoms with Crippen LogP contribution >= 0.6 is 23.2 Å². The molecule has 0 aliphatic carbocycles. The molecule has 0 saturated carbocycles. The van der Waals surface area contributed by atoms with Crippen LogP contribution in [0.4, 0.5) is 10.1 Å². The van der Waals surface area contributed by atoms with Gasteiger partial charge in [-0.3, -0.25) is 14.9 Å². The molecule has 2 heterocycles. The van der Waals surface area contributed by atoms with Gasteiger partial charge in [-0.2, -0.15) is 0 Å². The Kier molecular flexibility index (Phi) is 5.31. The van der Waals surface area contributed by atoms with E-state index in [-0.39, 0.29) is 21.9 Å². The number of aliphatic carboxylic acids is 1. The van der Waals surface area contributed by atoms with Crippen molar-refractivity contribution in [1.29, 1.82) is 0 Å². The summed E-state index contributed by atoms with van der Waals surface area (Å²) >= 11 is 12.2. The van der Waals surface area contributed by atoms with Gasteiger partial charge in [0.05, 0.1) is 5.02 Å². The predicted molar refractivity (Wildman–Crippen MR) is 118 cm³/mol. The van der Waals surface area contributed by atoms with Crippen molar-refractivity contribution in [1.82, 2.24) is 5.32 Å². The van der Waals surface area contributed by atoms with Crippen LogP contribution in [-0.2, 0) is 15.0 Å². The van der Waals surface area contributed by atoms with Crippen molar-refractivity contribution < 1.29 is 19.1 Å². The fourth-order valence-electron chi connectivity index (χ4n) is 5.14. The van der Waals surface area contributed by atoms with Gasteiger partial charge < -0.3 is 10.4 Å². The van der Waals surface area contributed by atoms with Crippen LogP contribution in [0.15, 0.2) is 36.4 Å². The minimum Gasteiger partial charge on any atom is -0.480 e. The minimum absolute atomic E-state index is 0.0989. The van der Waals surface area contributed by atoms with Gasteiger partial charge in [0.1, 0.15) is 17.3 Å². The number of amides is 1. The zero-order valence-electron chi connectivity index (χ0n) is 17.3. The quantitative estimate of drug-likeness (QED) is 0.599. The molecule has 1 spiro atoms. The number of carboxylic acids is 1. The maximum Gasteiger partial charge on any atom is 0.321 e. The smallest absolute Gasteiger partial charge is 0.321 e. The van der Waals surface area contributed by atoms with Gasteiger partial charge in [-0.1, -0.05) is 62.2 Å². The number of rotatable bonds is 3. The summed E-state index contributed by atoms with van der Waals surface area (Å²) in [6.45, 7) is 6.04. The van der Waals surface area contributed by atoms with Crippen LogP contribution in [-0.4, -0.2) is 29.1 Å². The molecule has 2 aliphatic rings. The summed E-state index contributed by atoms with van der Waals surface area (Å²) in [6, 6.07) is 7.76. The summed E-state index contributed by atoms with van der Waals surface area (Å²) in [4.78, 5) is 26.0. The van der Waals surface area contributed by atoms with E-state index in [0.717, 1.165) is 0 Å². The summed E-state index contributed by atoms with van der Waals surface area (Å²) < 4.78 is 15.3. The number of carbonyl (C=O) groups excluding carboxylic acids is 1. The van der Waals surface area contributed by atoms with Crippen molar-refractivity contribution in [2.75, 3.05) is 5.32 Å². The lowest BCUT2D eigenvalue weighted by Crippen LogP contribution is -2.49. The van der Waals surface area contributed by atoms with Gasteiger partial charge in [0, 0.05) is 22.7 Å². The number of carboxylic acid groups (broad SMARTS) is 1. The van der Waals surface area contributed by atoms with Crippen LogP contribution in [0.25, 0.3) is 0 Å². The van der Waals surface area contributed by atoms with Crippen LogP contribution in [0.1, 0.15) is 44.2 Å². The maximum atomic E-state index is 15.3. The molecule has 31 heavy (non-hydrogen) atoms. The number of carbonyl (C=O) groups is 2. The number of benzene rings is 2. The molecule has 0 radical (unpaired) electrons. The number of nitrogens with one attached hydrogen (secondary N) is 2. The zero-order chi connectivity index (χ0) is 22.7. The molecule has 2 aromatic rings. The molecule has 0 aromatic heterocycles. The average Bonchev–Trinajstić information content (AvgIpc) is 3.12. The molecule has 5 nitrogen and oxygen atoms in total. The van der Waals surface area contributed by atoms with Crippen molar-refractivity contribution in [2.24, 2.45) is 5.41 Å². The fraction of sp³-hybridized carbons (Fsp3) is 0.391. The molecular formula is C23H23Cl2FN2O3. The van der Waals surface area contributed by atoms with Gasteiger partial charge in [0.25, 0.3) is 0 Å². The van der Waals surface area contributed by atoms with E-state index < -0.39 is 35.2 Å². The topological polar surface area (TPSA) is 78.4 Å². The van der Waals surface area contributed by atoms with Gasteiger partial charge >= 0.3 is 5.97 Å². The first kappa shape index (κ1) is 22.1. The van der Waals surface area contributed by atoms with E-state index in [1.807, 2.05) is 20.8 Å². The highest BCUT2D eigenvalue weighted by molar-refractivity contribution is 6.31. The Bertz CT molecular complexity index is 1080. The second kappa shape index (κ2) is 7.47. The highest BCUT2D eigenvalue weighted by atomic mass is 35.5. The second-order valence-electron chi connectivity index (χ2n) is 9.43.